The Morgan fingerprint density at radius 2 is 2.00 bits per heavy atom. The number of ether oxygens (including phenoxy) is 1. The first-order valence-electron chi connectivity index (χ1n) is 4.94. The van der Waals surface area contributed by atoms with Gasteiger partial charge in [-0.05, 0) is 12.1 Å². The molecule has 2 heterocycles. The summed E-state index contributed by atoms with van der Waals surface area (Å²) in [6.45, 7) is -0.113. The van der Waals surface area contributed by atoms with E-state index in [9.17, 15) is 13.2 Å². The first kappa shape index (κ1) is 10.2. The molecule has 0 unspecified atom stereocenters. The van der Waals surface area contributed by atoms with E-state index in [1.54, 1.807) is 24.3 Å². The van der Waals surface area contributed by atoms with Crippen LogP contribution in [0.2, 0.25) is 0 Å². The smallest absolute Gasteiger partial charge is 0.433 e. The van der Waals surface area contributed by atoms with Crippen molar-refractivity contribution in [3.8, 4) is 17.0 Å². The number of H-pyrrole nitrogens is 1. The molecule has 1 N–H and O–H groups in total. The molecule has 0 saturated heterocycles. The zero-order valence-electron chi connectivity index (χ0n) is 8.51. The van der Waals surface area contributed by atoms with Gasteiger partial charge >= 0.3 is 6.18 Å². The number of hydrogen-bond donors (Lipinski definition) is 1. The number of hydrogen-bond acceptors (Lipinski definition) is 2. The fourth-order valence-electron chi connectivity index (χ4n) is 1.90. The number of benzene rings is 1. The maximum atomic E-state index is 12.7. The second-order valence-corrected chi connectivity index (χ2v) is 3.71. The normalized spacial score (nSPS) is 13.8. The number of rotatable bonds is 0. The molecule has 1 aliphatic heterocycles. The van der Waals surface area contributed by atoms with Crippen LogP contribution < -0.4 is 4.74 Å². The highest BCUT2D eigenvalue weighted by molar-refractivity contribution is 5.72. The summed E-state index contributed by atoms with van der Waals surface area (Å²) in [6.07, 6.45) is -4.43. The van der Waals surface area contributed by atoms with Crippen molar-refractivity contribution in [1.29, 1.82) is 0 Å². The molecule has 0 radical (unpaired) electrons. The Hall–Kier alpha value is -1.98. The van der Waals surface area contributed by atoms with Crippen LogP contribution in [0.15, 0.2) is 24.3 Å². The molecule has 2 aromatic rings. The van der Waals surface area contributed by atoms with Gasteiger partial charge in [0.05, 0.1) is 0 Å². The fourth-order valence-corrected chi connectivity index (χ4v) is 1.90. The molecule has 3 rings (SSSR count). The third-order valence-electron chi connectivity index (χ3n) is 2.66. The summed E-state index contributed by atoms with van der Waals surface area (Å²) in [6, 6.07) is 6.90. The average molecular weight is 240 g/mol. The minimum atomic E-state index is -4.43. The Balaban J connectivity index is 2.20. The zero-order valence-corrected chi connectivity index (χ0v) is 8.51. The van der Waals surface area contributed by atoms with Crippen molar-refractivity contribution in [2.45, 2.75) is 12.8 Å². The van der Waals surface area contributed by atoms with E-state index in [1.807, 2.05) is 5.10 Å². The van der Waals surface area contributed by atoms with Crippen LogP contribution in [0.3, 0.4) is 0 Å². The molecular formula is C11H7F3N2O. The van der Waals surface area contributed by atoms with Gasteiger partial charge in [0.1, 0.15) is 23.7 Å². The summed E-state index contributed by atoms with van der Waals surface area (Å²) in [5, 5.41) is 5.78. The van der Waals surface area contributed by atoms with Gasteiger partial charge in [-0.15, -0.1) is 0 Å². The molecule has 3 nitrogen and oxygen atoms in total. The van der Waals surface area contributed by atoms with E-state index in [1.165, 1.54) is 0 Å². The second kappa shape index (κ2) is 3.26. The number of aromatic nitrogens is 2. The quantitative estimate of drug-likeness (QED) is 0.768. The van der Waals surface area contributed by atoms with E-state index in [-0.39, 0.29) is 12.2 Å². The Bertz CT molecular complexity index is 574. The number of aromatic amines is 1. The maximum Gasteiger partial charge on any atom is 0.433 e. The fraction of sp³-hybridized carbons (Fsp3) is 0.182. The summed E-state index contributed by atoms with van der Waals surface area (Å²) in [5.74, 6) is 0.556. The molecule has 6 heteroatoms. The van der Waals surface area contributed by atoms with Gasteiger partial charge in [0.25, 0.3) is 0 Å². The van der Waals surface area contributed by atoms with Gasteiger partial charge in [0.2, 0.25) is 0 Å². The van der Waals surface area contributed by atoms with Crippen molar-refractivity contribution < 1.29 is 17.9 Å². The van der Waals surface area contributed by atoms with E-state index >= 15 is 0 Å². The van der Waals surface area contributed by atoms with Crippen LogP contribution in [0.1, 0.15) is 11.3 Å². The average Bonchev–Trinajstić information content (AvgIpc) is 2.72. The summed E-state index contributed by atoms with van der Waals surface area (Å²) < 4.78 is 43.3. The monoisotopic (exact) mass is 240 g/mol. The van der Waals surface area contributed by atoms with Gasteiger partial charge in [-0.25, -0.2) is 0 Å². The van der Waals surface area contributed by atoms with E-state index in [0.717, 1.165) is 0 Å². The SMILES string of the molecule is FC(F)(F)c1[nH]nc2c1COc1ccccc1-2. The Kier molecular flexibility index (Phi) is 1.95. The molecule has 0 spiro atoms. The van der Waals surface area contributed by atoms with Crippen molar-refractivity contribution in [2.24, 2.45) is 0 Å². The van der Waals surface area contributed by atoms with Crippen LogP contribution in [0.5, 0.6) is 5.75 Å². The number of alkyl halides is 3. The van der Waals surface area contributed by atoms with Crippen LogP contribution in [0, 0.1) is 0 Å². The van der Waals surface area contributed by atoms with Crippen molar-refractivity contribution >= 4 is 0 Å². The largest absolute Gasteiger partial charge is 0.488 e. The first-order chi connectivity index (χ1) is 8.07. The molecule has 1 aromatic carbocycles. The molecule has 0 bridgehead atoms. The third kappa shape index (κ3) is 1.48. The van der Waals surface area contributed by atoms with Crippen molar-refractivity contribution in [3.63, 3.8) is 0 Å². The summed E-state index contributed by atoms with van der Waals surface area (Å²) in [7, 11) is 0. The lowest BCUT2D eigenvalue weighted by atomic mass is 10.0. The van der Waals surface area contributed by atoms with Gasteiger partial charge in [-0.2, -0.15) is 18.3 Å². The van der Waals surface area contributed by atoms with Gasteiger partial charge in [0, 0.05) is 11.1 Å². The van der Waals surface area contributed by atoms with Crippen molar-refractivity contribution in [3.05, 3.63) is 35.5 Å². The van der Waals surface area contributed by atoms with Gasteiger partial charge in [-0.3, -0.25) is 5.10 Å². The number of nitrogens with zero attached hydrogens (tertiary/aromatic N) is 1. The molecule has 0 saturated carbocycles. The molecule has 1 aliphatic rings. The molecule has 0 atom stereocenters. The lowest BCUT2D eigenvalue weighted by Gasteiger charge is -2.17. The molecule has 0 aliphatic carbocycles. The Morgan fingerprint density at radius 1 is 1.24 bits per heavy atom. The summed E-state index contributed by atoms with van der Waals surface area (Å²) >= 11 is 0. The molecule has 0 fully saturated rings. The first-order valence-corrected chi connectivity index (χ1v) is 4.94. The lowest BCUT2D eigenvalue weighted by Crippen LogP contribution is -2.12. The molecule has 17 heavy (non-hydrogen) atoms. The highest BCUT2D eigenvalue weighted by Gasteiger charge is 2.39. The zero-order chi connectivity index (χ0) is 12.0. The minimum Gasteiger partial charge on any atom is -0.488 e. The van der Waals surface area contributed by atoms with E-state index < -0.39 is 11.9 Å². The highest BCUT2D eigenvalue weighted by atomic mass is 19.4. The number of halogens is 3. The van der Waals surface area contributed by atoms with Crippen LogP contribution in [0.25, 0.3) is 11.3 Å². The summed E-state index contributed by atoms with van der Waals surface area (Å²) in [5.41, 5.74) is 0.137. The topological polar surface area (TPSA) is 37.9 Å². The Morgan fingerprint density at radius 3 is 2.76 bits per heavy atom. The van der Waals surface area contributed by atoms with E-state index in [2.05, 4.69) is 5.10 Å². The second-order valence-electron chi connectivity index (χ2n) is 3.71. The number of fused-ring (bicyclic) bond motifs is 3. The standard InChI is InChI=1S/C11H7F3N2O/c12-11(13,14)10-7-5-17-8-4-2-1-3-6(8)9(7)15-16-10/h1-4H,5H2,(H,15,16). The summed E-state index contributed by atoms with van der Waals surface area (Å²) in [4.78, 5) is 0. The van der Waals surface area contributed by atoms with E-state index in [0.29, 0.717) is 17.0 Å². The molecule has 1 aromatic heterocycles. The minimum absolute atomic E-state index is 0.0659. The Labute approximate surface area is 94.2 Å². The van der Waals surface area contributed by atoms with Gasteiger partial charge in [-0.1, -0.05) is 12.1 Å². The molecule has 88 valence electrons. The molecule has 0 amide bonds. The predicted octanol–water partition coefficient (Wildman–Crippen LogP) is 2.99. The predicted molar refractivity (Wildman–Crippen MR) is 53.4 cm³/mol. The van der Waals surface area contributed by atoms with E-state index in [4.69, 9.17) is 4.74 Å². The highest BCUT2D eigenvalue weighted by Crippen LogP contribution is 2.41. The van der Waals surface area contributed by atoms with Gasteiger partial charge < -0.3 is 4.74 Å². The lowest BCUT2D eigenvalue weighted by molar-refractivity contribution is -0.142. The number of para-hydroxylation sites is 1. The molecular weight excluding hydrogens is 233 g/mol. The maximum absolute atomic E-state index is 12.7. The van der Waals surface area contributed by atoms with Crippen molar-refractivity contribution in [2.75, 3.05) is 0 Å². The van der Waals surface area contributed by atoms with Crippen LogP contribution in [-0.4, -0.2) is 10.2 Å². The van der Waals surface area contributed by atoms with Gasteiger partial charge in [0.15, 0.2) is 0 Å². The van der Waals surface area contributed by atoms with Crippen molar-refractivity contribution in [1.82, 2.24) is 10.2 Å². The van der Waals surface area contributed by atoms with Crippen LogP contribution in [-0.2, 0) is 12.8 Å². The number of nitrogens with one attached hydrogen (secondary N) is 1. The third-order valence-corrected chi connectivity index (χ3v) is 2.66. The van der Waals surface area contributed by atoms with Crippen LogP contribution in [0.4, 0.5) is 13.2 Å². The van der Waals surface area contributed by atoms with Crippen LogP contribution >= 0.6 is 0 Å².